The molecule has 0 unspecified atom stereocenters. The molecule has 0 radical (unpaired) electrons. The number of hydrogen-bond acceptors (Lipinski definition) is 4. The predicted molar refractivity (Wildman–Crippen MR) is 75.7 cm³/mol. The van der Waals surface area contributed by atoms with Gasteiger partial charge in [0.05, 0.1) is 13.7 Å². The van der Waals surface area contributed by atoms with Crippen LogP contribution in [0.3, 0.4) is 0 Å². The van der Waals surface area contributed by atoms with Crippen LogP contribution in [0.15, 0.2) is 18.2 Å². The van der Waals surface area contributed by atoms with Crippen LogP contribution in [-0.4, -0.2) is 38.0 Å². The van der Waals surface area contributed by atoms with Crippen LogP contribution in [0.2, 0.25) is 0 Å². The van der Waals surface area contributed by atoms with Crippen molar-refractivity contribution in [1.82, 2.24) is 0 Å². The maximum Gasteiger partial charge on any atom is 0.339 e. The van der Waals surface area contributed by atoms with E-state index >= 15 is 0 Å². The molecule has 1 rings (SSSR count). The van der Waals surface area contributed by atoms with E-state index in [4.69, 9.17) is 19.3 Å². The molecule has 20 heavy (non-hydrogen) atoms. The van der Waals surface area contributed by atoms with Gasteiger partial charge in [0, 0.05) is 6.61 Å². The lowest BCUT2D eigenvalue weighted by Crippen LogP contribution is -2.11. The fourth-order valence-electron chi connectivity index (χ4n) is 1.56. The first kappa shape index (κ1) is 16.3. The normalized spacial score (nSPS) is 10.6. The van der Waals surface area contributed by atoms with E-state index in [0.717, 1.165) is 6.42 Å². The van der Waals surface area contributed by atoms with Gasteiger partial charge in [-0.1, -0.05) is 13.8 Å². The van der Waals surface area contributed by atoms with Crippen molar-refractivity contribution in [1.29, 1.82) is 0 Å². The lowest BCUT2D eigenvalue weighted by atomic mass is 10.1. The van der Waals surface area contributed by atoms with E-state index in [0.29, 0.717) is 37.2 Å². The largest absolute Gasteiger partial charge is 0.497 e. The Morgan fingerprint density at radius 3 is 2.60 bits per heavy atom. The Morgan fingerprint density at radius 1 is 1.25 bits per heavy atom. The van der Waals surface area contributed by atoms with E-state index in [1.54, 1.807) is 12.1 Å². The summed E-state index contributed by atoms with van der Waals surface area (Å²) in [4.78, 5) is 11.1. The zero-order chi connectivity index (χ0) is 15.0. The monoisotopic (exact) mass is 282 g/mol. The van der Waals surface area contributed by atoms with Crippen LogP contribution < -0.4 is 9.47 Å². The highest BCUT2D eigenvalue weighted by molar-refractivity contribution is 5.91. The van der Waals surface area contributed by atoms with Crippen LogP contribution in [0.25, 0.3) is 0 Å². The van der Waals surface area contributed by atoms with Crippen molar-refractivity contribution in [2.45, 2.75) is 20.3 Å². The molecule has 0 saturated carbocycles. The van der Waals surface area contributed by atoms with Crippen molar-refractivity contribution >= 4 is 5.97 Å². The summed E-state index contributed by atoms with van der Waals surface area (Å²) in [7, 11) is 1.49. The Hall–Kier alpha value is -1.75. The van der Waals surface area contributed by atoms with Gasteiger partial charge in [0.15, 0.2) is 0 Å². The summed E-state index contributed by atoms with van der Waals surface area (Å²) in [6, 6.07) is 4.70. The fraction of sp³-hybridized carbons (Fsp3) is 0.533. The Morgan fingerprint density at radius 2 is 2.00 bits per heavy atom. The number of carboxylic acid groups (broad SMARTS) is 1. The molecule has 112 valence electrons. The second kappa shape index (κ2) is 8.43. The number of hydrogen-bond donors (Lipinski definition) is 1. The van der Waals surface area contributed by atoms with Gasteiger partial charge in [-0.3, -0.25) is 0 Å². The summed E-state index contributed by atoms with van der Waals surface area (Å²) >= 11 is 0. The maximum absolute atomic E-state index is 11.1. The van der Waals surface area contributed by atoms with Gasteiger partial charge >= 0.3 is 5.97 Å². The fourth-order valence-corrected chi connectivity index (χ4v) is 1.56. The summed E-state index contributed by atoms with van der Waals surface area (Å²) < 4.78 is 15.9. The van der Waals surface area contributed by atoms with Crippen molar-refractivity contribution in [2.75, 3.05) is 26.9 Å². The highest BCUT2D eigenvalue weighted by atomic mass is 16.5. The van der Waals surface area contributed by atoms with Gasteiger partial charge in [-0.05, 0) is 30.5 Å². The molecule has 0 fully saturated rings. The molecule has 0 atom stereocenters. The van der Waals surface area contributed by atoms with Crippen molar-refractivity contribution in [2.24, 2.45) is 5.92 Å². The van der Waals surface area contributed by atoms with E-state index in [1.165, 1.54) is 13.2 Å². The number of methoxy groups -OCH3 is 1. The molecule has 1 aromatic rings. The first-order valence-electron chi connectivity index (χ1n) is 6.66. The molecule has 0 heterocycles. The second-order valence-electron chi connectivity index (χ2n) is 4.81. The van der Waals surface area contributed by atoms with Crippen molar-refractivity contribution in [3.63, 3.8) is 0 Å². The van der Waals surface area contributed by atoms with Gasteiger partial charge in [0.2, 0.25) is 0 Å². The number of aromatic carboxylic acids is 1. The number of carboxylic acids is 1. The first-order chi connectivity index (χ1) is 9.54. The van der Waals surface area contributed by atoms with Crippen LogP contribution in [0.1, 0.15) is 30.6 Å². The van der Waals surface area contributed by atoms with E-state index < -0.39 is 5.97 Å². The summed E-state index contributed by atoms with van der Waals surface area (Å²) in [5.74, 6) is 0.379. The van der Waals surface area contributed by atoms with Crippen molar-refractivity contribution in [3.8, 4) is 11.5 Å². The topological polar surface area (TPSA) is 65.0 Å². The van der Waals surface area contributed by atoms with Crippen molar-refractivity contribution < 1.29 is 24.1 Å². The average molecular weight is 282 g/mol. The molecule has 0 aromatic heterocycles. The summed E-state index contributed by atoms with van der Waals surface area (Å²) in [5, 5.41) is 9.12. The number of benzene rings is 1. The quantitative estimate of drug-likeness (QED) is 0.705. The highest BCUT2D eigenvalue weighted by Crippen LogP contribution is 2.24. The average Bonchev–Trinajstić information content (AvgIpc) is 2.42. The van der Waals surface area contributed by atoms with E-state index in [9.17, 15) is 4.79 Å². The third-order valence-electron chi connectivity index (χ3n) is 2.74. The molecule has 1 aromatic carbocycles. The van der Waals surface area contributed by atoms with Crippen LogP contribution in [-0.2, 0) is 4.74 Å². The van der Waals surface area contributed by atoms with E-state index in [2.05, 4.69) is 13.8 Å². The molecule has 0 spiro atoms. The number of ether oxygens (including phenoxy) is 3. The minimum atomic E-state index is -1.04. The Kier molecular flexibility index (Phi) is 6.87. The third kappa shape index (κ3) is 5.48. The van der Waals surface area contributed by atoms with E-state index in [-0.39, 0.29) is 5.56 Å². The van der Waals surface area contributed by atoms with Crippen LogP contribution in [0.5, 0.6) is 11.5 Å². The smallest absolute Gasteiger partial charge is 0.339 e. The lowest BCUT2D eigenvalue weighted by Gasteiger charge is -2.11. The highest BCUT2D eigenvalue weighted by Gasteiger charge is 2.12. The summed E-state index contributed by atoms with van der Waals surface area (Å²) in [6.07, 6.45) is 1.00. The van der Waals surface area contributed by atoms with E-state index in [1.807, 2.05) is 0 Å². The van der Waals surface area contributed by atoms with Gasteiger partial charge < -0.3 is 19.3 Å². The predicted octanol–water partition coefficient (Wildman–Crippen LogP) is 2.83. The molecule has 0 aliphatic carbocycles. The second-order valence-corrected chi connectivity index (χ2v) is 4.81. The van der Waals surface area contributed by atoms with Gasteiger partial charge in [0.25, 0.3) is 0 Å². The standard InChI is InChI=1S/C15H22O5/c1-11(2)6-7-19-8-9-20-14-5-4-12(18-3)10-13(14)15(16)17/h4-5,10-11H,6-9H2,1-3H3,(H,16,17). The Balaban J connectivity index is 2.45. The molecule has 0 bridgehead atoms. The molecule has 5 heteroatoms. The molecule has 0 saturated heterocycles. The number of rotatable bonds is 9. The van der Waals surface area contributed by atoms with Gasteiger partial charge in [-0.25, -0.2) is 4.79 Å². The first-order valence-corrected chi connectivity index (χ1v) is 6.66. The molecule has 0 aliphatic rings. The van der Waals surface area contributed by atoms with Crippen molar-refractivity contribution in [3.05, 3.63) is 23.8 Å². The number of carbonyl (C=O) groups is 1. The zero-order valence-corrected chi connectivity index (χ0v) is 12.2. The zero-order valence-electron chi connectivity index (χ0n) is 12.2. The Labute approximate surface area is 119 Å². The minimum absolute atomic E-state index is 0.0894. The maximum atomic E-state index is 11.1. The molecule has 0 aliphatic heterocycles. The third-order valence-corrected chi connectivity index (χ3v) is 2.74. The molecule has 0 amide bonds. The van der Waals surface area contributed by atoms with Gasteiger partial charge in [-0.15, -0.1) is 0 Å². The van der Waals surface area contributed by atoms with Crippen LogP contribution in [0.4, 0.5) is 0 Å². The van der Waals surface area contributed by atoms with Crippen LogP contribution >= 0.6 is 0 Å². The molecule has 1 N–H and O–H groups in total. The lowest BCUT2D eigenvalue weighted by molar-refractivity contribution is 0.0682. The van der Waals surface area contributed by atoms with Gasteiger partial charge in [0.1, 0.15) is 23.7 Å². The van der Waals surface area contributed by atoms with Gasteiger partial charge in [-0.2, -0.15) is 0 Å². The molecular formula is C15H22O5. The Bertz CT molecular complexity index is 428. The summed E-state index contributed by atoms with van der Waals surface area (Å²) in [6.45, 7) is 5.73. The summed E-state index contributed by atoms with van der Waals surface area (Å²) in [5.41, 5.74) is 0.0894. The van der Waals surface area contributed by atoms with Crippen LogP contribution in [0, 0.1) is 5.92 Å². The molecule has 5 nitrogen and oxygen atoms in total. The SMILES string of the molecule is COc1ccc(OCCOCCC(C)C)c(C(=O)O)c1. The molecular weight excluding hydrogens is 260 g/mol. The minimum Gasteiger partial charge on any atom is -0.497 e.